The molecular weight excluding hydrogens is 312 g/mol. The highest BCUT2D eigenvalue weighted by Gasteiger charge is 2.25. The molecule has 0 spiro atoms. The molecule has 0 bridgehead atoms. The lowest BCUT2D eigenvalue weighted by atomic mass is 10.0. The van der Waals surface area contributed by atoms with Gasteiger partial charge in [0.25, 0.3) is 0 Å². The first-order valence-electron chi connectivity index (χ1n) is 9.02. The Hall–Kier alpha value is -2.47. The molecule has 0 amide bonds. The zero-order chi connectivity index (χ0) is 17.2. The van der Waals surface area contributed by atoms with Crippen molar-refractivity contribution >= 4 is 0 Å². The summed E-state index contributed by atoms with van der Waals surface area (Å²) in [7, 11) is 0. The maximum Gasteiger partial charge on any atom is 0.150 e. The minimum Gasteiger partial charge on any atom is -0.306 e. The van der Waals surface area contributed by atoms with Gasteiger partial charge in [-0.15, -0.1) is 0 Å². The molecule has 2 atom stereocenters. The van der Waals surface area contributed by atoms with E-state index < -0.39 is 0 Å². The van der Waals surface area contributed by atoms with Crippen molar-refractivity contribution in [1.29, 1.82) is 0 Å². The summed E-state index contributed by atoms with van der Waals surface area (Å²) < 4.78 is 4.09. The summed E-state index contributed by atoms with van der Waals surface area (Å²) in [5, 5.41) is 8.34. The molecule has 6 heteroatoms. The molecule has 25 heavy (non-hydrogen) atoms. The Kier molecular flexibility index (Phi) is 4.36. The van der Waals surface area contributed by atoms with E-state index in [0.29, 0.717) is 0 Å². The normalized spacial score (nSPS) is 18.1. The molecule has 1 N–H and O–H groups in total. The van der Waals surface area contributed by atoms with Gasteiger partial charge in [0.1, 0.15) is 5.82 Å². The number of benzene rings is 1. The molecule has 4 rings (SSSR count). The largest absolute Gasteiger partial charge is 0.306 e. The third-order valence-electron chi connectivity index (χ3n) is 4.88. The lowest BCUT2D eigenvalue weighted by molar-refractivity contribution is 0.344. The first-order valence-corrected chi connectivity index (χ1v) is 9.02. The Morgan fingerprint density at radius 2 is 2.12 bits per heavy atom. The molecule has 0 fully saturated rings. The average molecular weight is 336 g/mol. The zero-order valence-corrected chi connectivity index (χ0v) is 14.8. The van der Waals surface area contributed by atoms with Crippen LogP contribution in [0.4, 0.5) is 0 Å². The molecule has 0 aliphatic carbocycles. The fourth-order valence-corrected chi connectivity index (χ4v) is 3.45. The van der Waals surface area contributed by atoms with Crippen LogP contribution in [0, 0.1) is 0 Å². The minimum absolute atomic E-state index is 0.259. The van der Waals surface area contributed by atoms with Gasteiger partial charge in [-0.05, 0) is 37.5 Å². The van der Waals surface area contributed by atoms with E-state index in [-0.39, 0.29) is 12.1 Å². The Labute approximate surface area is 147 Å². The second-order valence-corrected chi connectivity index (χ2v) is 6.61. The molecule has 2 unspecified atom stereocenters. The summed E-state index contributed by atoms with van der Waals surface area (Å²) >= 11 is 0. The average Bonchev–Trinajstić information content (AvgIpc) is 3.32. The van der Waals surface area contributed by atoms with E-state index in [4.69, 9.17) is 4.98 Å². The van der Waals surface area contributed by atoms with Gasteiger partial charge in [-0.1, -0.05) is 19.1 Å². The van der Waals surface area contributed by atoms with E-state index in [1.165, 1.54) is 5.56 Å². The number of nitrogens with zero attached hydrogens (tertiary/aromatic N) is 5. The monoisotopic (exact) mass is 336 g/mol. The molecular formula is C19H24N6. The van der Waals surface area contributed by atoms with Crippen molar-refractivity contribution < 1.29 is 0 Å². The number of nitrogens with one attached hydrogen (secondary N) is 1. The second-order valence-electron chi connectivity index (χ2n) is 6.61. The van der Waals surface area contributed by atoms with Gasteiger partial charge in [0.2, 0.25) is 0 Å². The molecule has 3 aromatic rings. The van der Waals surface area contributed by atoms with E-state index >= 15 is 0 Å². The molecule has 3 heterocycles. The van der Waals surface area contributed by atoms with Crippen LogP contribution < -0.4 is 5.32 Å². The minimum atomic E-state index is 0.259. The molecule has 2 aromatic heterocycles. The van der Waals surface area contributed by atoms with Crippen LogP contribution in [0.5, 0.6) is 0 Å². The van der Waals surface area contributed by atoms with Gasteiger partial charge in [-0.2, -0.15) is 5.10 Å². The Morgan fingerprint density at radius 3 is 2.84 bits per heavy atom. The van der Waals surface area contributed by atoms with Gasteiger partial charge >= 0.3 is 0 Å². The first-order chi connectivity index (χ1) is 12.2. The van der Waals surface area contributed by atoms with Crippen molar-refractivity contribution in [2.45, 2.75) is 51.7 Å². The predicted molar refractivity (Wildman–Crippen MR) is 96.5 cm³/mol. The van der Waals surface area contributed by atoms with Gasteiger partial charge in [0.15, 0.2) is 5.82 Å². The third kappa shape index (κ3) is 3.22. The summed E-state index contributed by atoms with van der Waals surface area (Å²) in [6, 6.07) is 9.15. The Balaban J connectivity index is 1.49. The van der Waals surface area contributed by atoms with Crippen LogP contribution in [-0.4, -0.2) is 24.3 Å². The molecule has 1 aromatic carbocycles. The summed E-state index contributed by atoms with van der Waals surface area (Å²) in [5.74, 6) is 2.03. The van der Waals surface area contributed by atoms with Crippen molar-refractivity contribution in [1.82, 2.24) is 29.6 Å². The van der Waals surface area contributed by atoms with Gasteiger partial charge < -0.3 is 9.88 Å². The van der Waals surface area contributed by atoms with Crippen LogP contribution >= 0.6 is 0 Å². The van der Waals surface area contributed by atoms with E-state index in [0.717, 1.165) is 43.1 Å². The lowest BCUT2D eigenvalue weighted by Crippen LogP contribution is -2.30. The van der Waals surface area contributed by atoms with Crippen molar-refractivity contribution in [2.75, 3.05) is 0 Å². The van der Waals surface area contributed by atoms with Crippen LogP contribution in [0.1, 0.15) is 56.0 Å². The topological polar surface area (TPSA) is 60.6 Å². The lowest BCUT2D eigenvalue weighted by Gasteiger charge is -2.26. The van der Waals surface area contributed by atoms with E-state index in [9.17, 15) is 0 Å². The van der Waals surface area contributed by atoms with Gasteiger partial charge in [0, 0.05) is 37.1 Å². The first kappa shape index (κ1) is 16.0. The molecule has 130 valence electrons. The molecule has 0 saturated heterocycles. The van der Waals surface area contributed by atoms with Gasteiger partial charge in [-0.3, -0.25) is 0 Å². The molecule has 1 aliphatic rings. The quantitative estimate of drug-likeness (QED) is 0.777. The van der Waals surface area contributed by atoms with E-state index in [2.05, 4.69) is 58.2 Å². The van der Waals surface area contributed by atoms with Crippen molar-refractivity contribution in [3.8, 4) is 5.69 Å². The molecule has 6 nitrogen and oxygen atoms in total. The van der Waals surface area contributed by atoms with Crippen molar-refractivity contribution in [3.05, 3.63) is 60.2 Å². The summed E-state index contributed by atoms with van der Waals surface area (Å²) in [4.78, 5) is 8.82. The maximum absolute atomic E-state index is 4.72. The maximum atomic E-state index is 4.72. The second kappa shape index (κ2) is 6.80. The SMILES string of the molecule is CCc1nc2n(n1)CCCC2NC(C)c1ccc(-n2ccnc2)cc1. The number of aryl methyl sites for hydroxylation is 2. The summed E-state index contributed by atoms with van der Waals surface area (Å²) in [6.07, 6.45) is 8.70. The predicted octanol–water partition coefficient (Wildman–Crippen LogP) is 3.21. The van der Waals surface area contributed by atoms with Gasteiger partial charge in [-0.25, -0.2) is 14.6 Å². The van der Waals surface area contributed by atoms with Crippen molar-refractivity contribution in [3.63, 3.8) is 0 Å². The zero-order valence-electron chi connectivity index (χ0n) is 14.8. The third-order valence-corrected chi connectivity index (χ3v) is 4.88. The smallest absolute Gasteiger partial charge is 0.150 e. The number of hydrogen-bond donors (Lipinski definition) is 1. The number of imidazole rings is 1. The number of hydrogen-bond acceptors (Lipinski definition) is 4. The molecule has 1 aliphatic heterocycles. The van der Waals surface area contributed by atoms with Crippen LogP contribution in [0.3, 0.4) is 0 Å². The van der Waals surface area contributed by atoms with Crippen LogP contribution in [0.15, 0.2) is 43.0 Å². The highest BCUT2D eigenvalue weighted by Crippen LogP contribution is 2.27. The highest BCUT2D eigenvalue weighted by atomic mass is 15.4. The Morgan fingerprint density at radius 1 is 1.28 bits per heavy atom. The number of aromatic nitrogens is 5. The van der Waals surface area contributed by atoms with Crippen molar-refractivity contribution in [2.24, 2.45) is 0 Å². The number of rotatable bonds is 5. The Bertz CT molecular complexity index is 818. The summed E-state index contributed by atoms with van der Waals surface area (Å²) in [6.45, 7) is 5.30. The number of fused-ring (bicyclic) bond motifs is 1. The van der Waals surface area contributed by atoms with Gasteiger partial charge in [0.05, 0.1) is 12.4 Å². The van der Waals surface area contributed by atoms with Crippen LogP contribution in [0.25, 0.3) is 5.69 Å². The van der Waals surface area contributed by atoms with Crippen LogP contribution in [-0.2, 0) is 13.0 Å². The van der Waals surface area contributed by atoms with E-state index in [1.54, 1.807) is 6.20 Å². The molecule has 0 radical (unpaired) electrons. The standard InChI is InChI=1S/C19H24N6/c1-3-18-22-19-17(5-4-11-25(19)23-18)21-14(2)15-6-8-16(9-7-15)24-12-10-20-13-24/h6-10,12-14,17,21H,3-5,11H2,1-2H3. The fraction of sp³-hybridized carbons (Fsp3) is 0.421. The van der Waals surface area contributed by atoms with E-state index in [1.807, 2.05) is 17.1 Å². The molecule has 0 saturated carbocycles. The van der Waals surface area contributed by atoms with Crippen LogP contribution in [0.2, 0.25) is 0 Å². The fourth-order valence-electron chi connectivity index (χ4n) is 3.45. The highest BCUT2D eigenvalue weighted by molar-refractivity contribution is 5.35. The summed E-state index contributed by atoms with van der Waals surface area (Å²) in [5.41, 5.74) is 2.40.